The smallest absolute Gasteiger partial charge is 0.123 e. The van der Waals surface area contributed by atoms with E-state index >= 15 is 0 Å². The maximum atomic E-state index is 13.6. The van der Waals surface area contributed by atoms with E-state index in [-0.39, 0.29) is 18.2 Å². The summed E-state index contributed by atoms with van der Waals surface area (Å²) in [6, 6.07) is 14.6. The van der Waals surface area contributed by atoms with Crippen LogP contribution in [0.1, 0.15) is 59.7 Å². The number of fused-ring (bicyclic) bond motifs is 1. The van der Waals surface area contributed by atoms with Gasteiger partial charge in [0.2, 0.25) is 0 Å². The van der Waals surface area contributed by atoms with Crippen LogP contribution in [-0.4, -0.2) is 38.2 Å². The number of aliphatic hydroxyl groups is 2. The second-order valence-corrected chi connectivity index (χ2v) is 9.31. The van der Waals surface area contributed by atoms with Crippen LogP contribution in [0.15, 0.2) is 54.6 Å². The molecule has 35 heavy (non-hydrogen) atoms. The molecule has 0 amide bonds. The van der Waals surface area contributed by atoms with Crippen molar-refractivity contribution in [2.45, 2.75) is 63.6 Å². The van der Waals surface area contributed by atoms with Gasteiger partial charge in [-0.15, -0.1) is 0 Å². The quantitative estimate of drug-likeness (QED) is 0.493. The van der Waals surface area contributed by atoms with E-state index in [0.29, 0.717) is 5.69 Å². The summed E-state index contributed by atoms with van der Waals surface area (Å²) < 4.78 is 15.4. The number of aliphatic carboxylic acids is 1. The first-order valence-electron chi connectivity index (χ1n) is 12.0. The molecular formula is C28H30FN2O4-. The number of hydrogen-bond donors (Lipinski definition) is 2. The highest BCUT2D eigenvalue weighted by Gasteiger charge is 2.28. The van der Waals surface area contributed by atoms with Gasteiger partial charge in [0.1, 0.15) is 5.82 Å². The van der Waals surface area contributed by atoms with Crippen molar-refractivity contribution in [2.75, 3.05) is 0 Å². The number of hydrogen-bond acceptors (Lipinski definition) is 5. The highest BCUT2D eigenvalue weighted by molar-refractivity contribution is 5.64. The second kappa shape index (κ2) is 11.0. The molecule has 0 aliphatic heterocycles. The summed E-state index contributed by atoms with van der Waals surface area (Å²) in [5.41, 5.74) is 6.08. The SMILES string of the molecule is Cc1ccc(CC2CCCc3c2nn(-c2ccc(F)cc2)c3/C=C/[C@@H](O)C[C@@H](O)CC(=O)[O-])cc1. The van der Waals surface area contributed by atoms with Gasteiger partial charge in [-0.1, -0.05) is 35.9 Å². The van der Waals surface area contributed by atoms with Crippen LogP contribution in [-0.2, 0) is 17.6 Å². The molecule has 7 heteroatoms. The summed E-state index contributed by atoms with van der Waals surface area (Å²) in [5.74, 6) is -1.46. The van der Waals surface area contributed by atoms with Crippen LogP contribution in [0.25, 0.3) is 11.8 Å². The average molecular weight is 478 g/mol. The number of rotatable bonds is 9. The Morgan fingerprint density at radius 3 is 2.60 bits per heavy atom. The molecule has 6 nitrogen and oxygen atoms in total. The zero-order chi connectivity index (χ0) is 24.9. The number of nitrogens with zero attached hydrogens (tertiary/aromatic N) is 2. The van der Waals surface area contributed by atoms with E-state index in [1.54, 1.807) is 29.0 Å². The molecule has 3 atom stereocenters. The first-order valence-corrected chi connectivity index (χ1v) is 12.0. The van der Waals surface area contributed by atoms with Gasteiger partial charge in [0, 0.05) is 30.3 Å². The highest BCUT2D eigenvalue weighted by Crippen LogP contribution is 2.37. The van der Waals surface area contributed by atoms with Crippen LogP contribution in [0.5, 0.6) is 0 Å². The molecule has 0 radical (unpaired) electrons. The summed E-state index contributed by atoms with van der Waals surface area (Å²) in [5, 5.41) is 35.8. The number of carbonyl (C=O) groups excluding carboxylic acids is 1. The molecule has 2 aromatic carbocycles. The molecule has 1 aliphatic carbocycles. The van der Waals surface area contributed by atoms with Crippen LogP contribution >= 0.6 is 0 Å². The lowest BCUT2D eigenvalue weighted by atomic mass is 9.83. The Balaban J connectivity index is 1.66. The minimum absolute atomic E-state index is 0.118. The molecule has 184 valence electrons. The Bertz CT molecular complexity index is 1180. The number of aliphatic hydroxyl groups excluding tert-OH is 2. The molecule has 3 aromatic rings. The average Bonchev–Trinajstić information content (AvgIpc) is 3.18. The standard InChI is InChI=1S/C28H31FN2O4/c1-18-5-7-19(8-6-18)15-20-3-2-4-25-26(14-13-23(32)16-24(33)17-27(34)35)31(30-28(20)25)22-11-9-21(29)10-12-22/h5-14,20,23-24,32-33H,2-4,15-17H2,1H3,(H,34,35)/p-1/b14-13+/t20?,23-,24-/m1/s1. The normalized spacial score (nSPS) is 17.3. The highest BCUT2D eigenvalue weighted by atomic mass is 19.1. The fourth-order valence-electron chi connectivity index (χ4n) is 4.72. The molecule has 0 saturated carbocycles. The summed E-state index contributed by atoms with van der Waals surface area (Å²) in [7, 11) is 0. The Kier molecular flexibility index (Phi) is 7.78. The number of carboxylic acids is 1. The molecule has 1 unspecified atom stereocenters. The van der Waals surface area contributed by atoms with Crippen molar-refractivity contribution >= 4 is 12.0 Å². The number of carboxylic acid groups (broad SMARTS) is 1. The van der Waals surface area contributed by atoms with Gasteiger partial charge in [0.05, 0.1) is 29.3 Å². The van der Waals surface area contributed by atoms with Crippen molar-refractivity contribution in [1.82, 2.24) is 9.78 Å². The van der Waals surface area contributed by atoms with E-state index in [1.165, 1.54) is 23.3 Å². The van der Waals surface area contributed by atoms with Crippen LogP contribution < -0.4 is 5.11 Å². The second-order valence-electron chi connectivity index (χ2n) is 9.31. The minimum atomic E-state index is -1.36. The van der Waals surface area contributed by atoms with Gasteiger partial charge in [-0.2, -0.15) is 5.10 Å². The number of aromatic nitrogens is 2. The van der Waals surface area contributed by atoms with E-state index in [4.69, 9.17) is 5.10 Å². The molecule has 0 saturated heterocycles. The summed E-state index contributed by atoms with van der Waals surface area (Å²) >= 11 is 0. The summed E-state index contributed by atoms with van der Waals surface area (Å²) in [4.78, 5) is 10.7. The molecule has 0 bridgehead atoms. The third-order valence-corrected chi connectivity index (χ3v) is 6.49. The van der Waals surface area contributed by atoms with E-state index in [9.17, 15) is 24.5 Å². The van der Waals surface area contributed by atoms with Gasteiger partial charge in [0.25, 0.3) is 0 Å². The number of halogens is 1. The maximum Gasteiger partial charge on any atom is 0.123 e. The molecule has 4 rings (SSSR count). The fourth-order valence-corrected chi connectivity index (χ4v) is 4.72. The minimum Gasteiger partial charge on any atom is -0.550 e. The van der Waals surface area contributed by atoms with Crippen molar-refractivity contribution in [3.63, 3.8) is 0 Å². The third-order valence-electron chi connectivity index (χ3n) is 6.49. The first-order chi connectivity index (χ1) is 16.8. The lowest BCUT2D eigenvalue weighted by molar-refractivity contribution is -0.307. The van der Waals surface area contributed by atoms with Crippen molar-refractivity contribution in [3.05, 3.63) is 88.5 Å². The van der Waals surface area contributed by atoms with Crippen molar-refractivity contribution in [3.8, 4) is 5.69 Å². The van der Waals surface area contributed by atoms with Gasteiger partial charge in [-0.3, -0.25) is 0 Å². The Morgan fingerprint density at radius 2 is 1.91 bits per heavy atom. The zero-order valence-electron chi connectivity index (χ0n) is 19.7. The van der Waals surface area contributed by atoms with Crippen molar-refractivity contribution < 1.29 is 24.5 Å². The van der Waals surface area contributed by atoms with Crippen LogP contribution in [0.3, 0.4) is 0 Å². The molecule has 2 N–H and O–H groups in total. The van der Waals surface area contributed by atoms with Crippen LogP contribution in [0.2, 0.25) is 0 Å². The molecular weight excluding hydrogens is 447 g/mol. The lowest BCUT2D eigenvalue weighted by Gasteiger charge is -2.21. The van der Waals surface area contributed by atoms with Gasteiger partial charge < -0.3 is 20.1 Å². The predicted octanol–water partition coefficient (Wildman–Crippen LogP) is 3.25. The number of carbonyl (C=O) groups is 1. The lowest BCUT2D eigenvalue weighted by Crippen LogP contribution is -2.29. The number of aryl methyl sites for hydroxylation is 1. The zero-order valence-corrected chi connectivity index (χ0v) is 19.7. The molecule has 0 fully saturated rings. The maximum absolute atomic E-state index is 13.6. The monoisotopic (exact) mass is 477 g/mol. The van der Waals surface area contributed by atoms with E-state index in [2.05, 4.69) is 31.2 Å². The van der Waals surface area contributed by atoms with Crippen molar-refractivity contribution in [1.29, 1.82) is 0 Å². The molecule has 1 aromatic heterocycles. The van der Waals surface area contributed by atoms with Gasteiger partial charge in [-0.25, -0.2) is 9.07 Å². The van der Waals surface area contributed by atoms with Crippen LogP contribution in [0.4, 0.5) is 4.39 Å². The largest absolute Gasteiger partial charge is 0.550 e. The van der Waals surface area contributed by atoms with E-state index in [1.807, 2.05) is 0 Å². The molecule has 0 spiro atoms. The van der Waals surface area contributed by atoms with E-state index in [0.717, 1.165) is 42.6 Å². The summed E-state index contributed by atoms with van der Waals surface area (Å²) in [6.07, 6.45) is 4.15. The Labute approximate surface area is 204 Å². The van der Waals surface area contributed by atoms with Gasteiger partial charge >= 0.3 is 0 Å². The van der Waals surface area contributed by atoms with Crippen molar-refractivity contribution in [2.24, 2.45) is 0 Å². The van der Waals surface area contributed by atoms with Gasteiger partial charge in [0.15, 0.2) is 0 Å². The molecule has 1 heterocycles. The third kappa shape index (κ3) is 6.24. The first kappa shape index (κ1) is 24.8. The topological polar surface area (TPSA) is 98.4 Å². The fraction of sp³-hybridized carbons (Fsp3) is 0.357. The Hall–Kier alpha value is -3.29. The summed E-state index contributed by atoms with van der Waals surface area (Å²) in [6.45, 7) is 2.07. The predicted molar refractivity (Wildman–Crippen MR) is 129 cm³/mol. The van der Waals surface area contributed by atoms with Crippen LogP contribution in [0, 0.1) is 12.7 Å². The number of benzene rings is 2. The molecule has 1 aliphatic rings. The Morgan fingerprint density at radius 1 is 1.20 bits per heavy atom. The van der Waals surface area contributed by atoms with Gasteiger partial charge in [-0.05, 0) is 68.5 Å². The van der Waals surface area contributed by atoms with E-state index < -0.39 is 24.6 Å².